The highest BCUT2D eigenvalue weighted by Gasteiger charge is 2.51. The lowest BCUT2D eigenvalue weighted by Crippen LogP contribution is -2.48. The number of benzene rings is 1. The Hall–Kier alpha value is -2.28. The Morgan fingerprint density at radius 2 is 2.00 bits per heavy atom. The van der Waals surface area contributed by atoms with Crippen LogP contribution in [0, 0.1) is 6.92 Å². The molecule has 7 heteroatoms. The SMILES string of the molecule is Cc1cnc(S(C)(=O)=O)nc1C(=O)N1c2ccccc2[C@@]2(C)CCCC[C@@H]12. The van der Waals surface area contributed by atoms with E-state index in [2.05, 4.69) is 23.0 Å². The molecule has 27 heavy (non-hydrogen) atoms. The number of aromatic nitrogens is 2. The smallest absolute Gasteiger partial charge is 0.277 e. The van der Waals surface area contributed by atoms with Crippen LogP contribution in [0.4, 0.5) is 5.69 Å². The van der Waals surface area contributed by atoms with Gasteiger partial charge in [0.1, 0.15) is 5.69 Å². The largest absolute Gasteiger partial charge is 0.303 e. The van der Waals surface area contributed by atoms with Crippen LogP contribution in [0.1, 0.15) is 54.2 Å². The van der Waals surface area contributed by atoms with Gasteiger partial charge in [0.05, 0.1) is 0 Å². The van der Waals surface area contributed by atoms with E-state index in [4.69, 9.17) is 0 Å². The molecule has 2 atom stereocenters. The number of carbonyl (C=O) groups is 1. The quantitative estimate of drug-likeness (QED) is 0.742. The zero-order valence-corrected chi connectivity index (χ0v) is 16.6. The third-order valence-electron chi connectivity index (χ3n) is 5.95. The van der Waals surface area contributed by atoms with Gasteiger partial charge < -0.3 is 4.90 Å². The second kappa shape index (κ2) is 6.12. The van der Waals surface area contributed by atoms with E-state index in [1.165, 1.54) is 11.8 Å². The Bertz CT molecular complexity index is 1030. The molecule has 2 heterocycles. The Morgan fingerprint density at radius 3 is 2.74 bits per heavy atom. The van der Waals surface area contributed by atoms with Gasteiger partial charge in [-0.15, -0.1) is 0 Å². The molecule has 2 aliphatic rings. The average Bonchev–Trinajstić information content (AvgIpc) is 2.89. The summed E-state index contributed by atoms with van der Waals surface area (Å²) in [5, 5.41) is -0.310. The van der Waals surface area contributed by atoms with E-state index < -0.39 is 9.84 Å². The number of aryl methyl sites for hydroxylation is 1. The summed E-state index contributed by atoms with van der Waals surface area (Å²) in [6.45, 7) is 3.97. The first-order chi connectivity index (χ1) is 12.7. The van der Waals surface area contributed by atoms with Gasteiger partial charge in [-0.05, 0) is 37.0 Å². The van der Waals surface area contributed by atoms with Gasteiger partial charge >= 0.3 is 0 Å². The molecule has 4 rings (SSSR count). The molecule has 1 aromatic carbocycles. The predicted molar refractivity (Wildman–Crippen MR) is 103 cm³/mol. The second-order valence-electron chi connectivity index (χ2n) is 7.83. The number of rotatable bonds is 2. The molecule has 142 valence electrons. The topological polar surface area (TPSA) is 80.2 Å². The Kier molecular flexibility index (Phi) is 4.10. The van der Waals surface area contributed by atoms with Crippen molar-refractivity contribution in [2.75, 3.05) is 11.2 Å². The summed E-state index contributed by atoms with van der Waals surface area (Å²) in [6, 6.07) is 8.10. The van der Waals surface area contributed by atoms with Gasteiger partial charge in [0, 0.05) is 29.6 Å². The molecule has 0 saturated heterocycles. The maximum Gasteiger partial charge on any atom is 0.277 e. The summed E-state index contributed by atoms with van der Waals surface area (Å²) in [5.74, 6) is -0.247. The number of fused-ring (bicyclic) bond motifs is 3. The molecule has 0 unspecified atom stereocenters. The van der Waals surface area contributed by atoms with E-state index in [0.717, 1.165) is 37.6 Å². The highest BCUT2D eigenvalue weighted by Crippen LogP contribution is 2.52. The molecule has 0 bridgehead atoms. The summed E-state index contributed by atoms with van der Waals surface area (Å²) in [4.78, 5) is 23.4. The molecule has 1 amide bonds. The molecule has 1 saturated carbocycles. The third-order valence-corrected chi connectivity index (χ3v) is 6.81. The van der Waals surface area contributed by atoms with Crippen molar-refractivity contribution in [3.63, 3.8) is 0 Å². The van der Waals surface area contributed by atoms with E-state index >= 15 is 0 Å². The molecule has 1 aliphatic carbocycles. The van der Waals surface area contributed by atoms with Gasteiger partial charge in [-0.2, -0.15) is 0 Å². The third kappa shape index (κ3) is 2.76. The van der Waals surface area contributed by atoms with Crippen molar-refractivity contribution < 1.29 is 13.2 Å². The highest BCUT2D eigenvalue weighted by atomic mass is 32.2. The van der Waals surface area contributed by atoms with Gasteiger partial charge in [0.25, 0.3) is 5.91 Å². The molecule has 2 aromatic rings. The van der Waals surface area contributed by atoms with Crippen molar-refractivity contribution in [2.24, 2.45) is 0 Å². The Morgan fingerprint density at radius 1 is 1.26 bits per heavy atom. The lowest BCUT2D eigenvalue weighted by Gasteiger charge is -2.39. The first-order valence-corrected chi connectivity index (χ1v) is 11.1. The number of hydrogen-bond donors (Lipinski definition) is 0. The van der Waals surface area contributed by atoms with Gasteiger partial charge in [-0.3, -0.25) is 4.79 Å². The van der Waals surface area contributed by atoms with E-state index in [0.29, 0.717) is 5.56 Å². The van der Waals surface area contributed by atoms with Crippen molar-refractivity contribution in [3.05, 3.63) is 47.3 Å². The number of carbonyl (C=O) groups excluding carboxylic acids is 1. The summed E-state index contributed by atoms with van der Waals surface area (Å²) < 4.78 is 23.7. The molecule has 0 N–H and O–H groups in total. The number of para-hydroxylation sites is 1. The maximum atomic E-state index is 13.5. The van der Waals surface area contributed by atoms with Crippen molar-refractivity contribution in [3.8, 4) is 0 Å². The van der Waals surface area contributed by atoms with Crippen LogP contribution in [0.15, 0.2) is 35.6 Å². The minimum absolute atomic E-state index is 0.0622. The van der Waals surface area contributed by atoms with Crippen LogP contribution in [0.25, 0.3) is 0 Å². The summed E-state index contributed by atoms with van der Waals surface area (Å²) in [6.07, 6.45) is 6.66. The van der Waals surface area contributed by atoms with E-state index in [-0.39, 0.29) is 28.2 Å². The summed E-state index contributed by atoms with van der Waals surface area (Å²) >= 11 is 0. The summed E-state index contributed by atoms with van der Waals surface area (Å²) in [7, 11) is -3.59. The lowest BCUT2D eigenvalue weighted by atomic mass is 9.69. The van der Waals surface area contributed by atoms with Gasteiger partial charge in [-0.25, -0.2) is 18.4 Å². The summed E-state index contributed by atoms with van der Waals surface area (Å²) in [5.41, 5.74) is 2.77. The fourth-order valence-electron chi connectivity index (χ4n) is 4.56. The van der Waals surface area contributed by atoms with Crippen LogP contribution in [0.5, 0.6) is 0 Å². The Balaban J connectivity index is 1.85. The van der Waals surface area contributed by atoms with Gasteiger partial charge in [-0.1, -0.05) is 38.0 Å². The molecular formula is C20H23N3O3S. The maximum absolute atomic E-state index is 13.5. The van der Waals surface area contributed by atoms with Crippen molar-refractivity contribution in [1.82, 2.24) is 9.97 Å². The number of anilines is 1. The highest BCUT2D eigenvalue weighted by molar-refractivity contribution is 7.90. The van der Waals surface area contributed by atoms with Crippen molar-refractivity contribution >= 4 is 21.4 Å². The number of amides is 1. The molecular weight excluding hydrogens is 362 g/mol. The van der Waals surface area contributed by atoms with E-state index in [9.17, 15) is 13.2 Å². The zero-order valence-electron chi connectivity index (χ0n) is 15.8. The molecule has 1 fully saturated rings. The minimum Gasteiger partial charge on any atom is -0.303 e. The van der Waals surface area contributed by atoms with Crippen LogP contribution >= 0.6 is 0 Å². The predicted octanol–water partition coefficient (Wildman–Crippen LogP) is 3.05. The average molecular weight is 385 g/mol. The molecule has 0 radical (unpaired) electrons. The molecule has 0 spiro atoms. The fraction of sp³-hybridized carbons (Fsp3) is 0.450. The van der Waals surface area contributed by atoms with Crippen LogP contribution in [-0.4, -0.2) is 36.6 Å². The first-order valence-electron chi connectivity index (χ1n) is 9.20. The zero-order chi connectivity index (χ0) is 19.4. The standard InChI is InChI=1S/C20H23N3O3S/c1-13-12-21-19(27(3,25)26)22-17(13)18(24)23-15-9-5-4-8-14(15)20(2)11-7-6-10-16(20)23/h4-5,8-9,12,16H,6-7,10-11H2,1-3H3/t16-,20-/m1/s1. The molecule has 6 nitrogen and oxygen atoms in total. The number of nitrogens with zero attached hydrogens (tertiary/aromatic N) is 3. The normalized spacial score (nSPS) is 24.4. The van der Waals surface area contributed by atoms with Crippen LogP contribution < -0.4 is 4.90 Å². The lowest BCUT2D eigenvalue weighted by molar-refractivity contribution is 0.0955. The van der Waals surface area contributed by atoms with Crippen LogP contribution in [-0.2, 0) is 15.3 Å². The first kappa shape index (κ1) is 18.1. The van der Waals surface area contributed by atoms with Crippen LogP contribution in [0.3, 0.4) is 0 Å². The minimum atomic E-state index is -3.59. The second-order valence-corrected chi connectivity index (χ2v) is 9.74. The Labute approximate surface area is 159 Å². The van der Waals surface area contributed by atoms with Gasteiger partial charge in [0.2, 0.25) is 15.0 Å². The molecule has 1 aliphatic heterocycles. The van der Waals surface area contributed by atoms with Crippen molar-refractivity contribution in [2.45, 2.75) is 56.1 Å². The number of sulfone groups is 1. The monoisotopic (exact) mass is 385 g/mol. The molecule has 1 aromatic heterocycles. The van der Waals surface area contributed by atoms with E-state index in [1.54, 1.807) is 6.92 Å². The van der Waals surface area contributed by atoms with Crippen LogP contribution in [0.2, 0.25) is 0 Å². The number of hydrogen-bond acceptors (Lipinski definition) is 5. The fourth-order valence-corrected chi connectivity index (χ4v) is 5.07. The van der Waals surface area contributed by atoms with Gasteiger partial charge in [0.15, 0.2) is 0 Å². The van der Waals surface area contributed by atoms with Crippen molar-refractivity contribution in [1.29, 1.82) is 0 Å². The van der Waals surface area contributed by atoms with E-state index in [1.807, 2.05) is 23.1 Å².